The van der Waals surface area contributed by atoms with Gasteiger partial charge in [-0.15, -0.1) is 0 Å². The third kappa shape index (κ3) is 6.46. The number of hydrogen-bond donors (Lipinski definition) is 4. The first kappa shape index (κ1) is 26.6. The Labute approximate surface area is 218 Å². The van der Waals surface area contributed by atoms with Crippen molar-refractivity contribution >= 4 is 29.1 Å². The number of fused-ring (bicyclic) bond motifs is 2. The number of nitrogens with two attached hydrogens (primary N) is 1. The molecule has 2 amide bonds. The van der Waals surface area contributed by atoms with Crippen molar-refractivity contribution in [1.82, 2.24) is 15.6 Å². The Kier molecular flexibility index (Phi) is 8.43. The SMILES string of the molecule is CC(=O)c1ccc(N2[C@@H]3CC[C@H]2CC(NC(=O)c2ccc(C(N)=O)c(NCCCNC(C)C)c2)C3)nc1. The first-order valence-electron chi connectivity index (χ1n) is 13.2. The molecule has 2 bridgehead atoms. The predicted molar refractivity (Wildman–Crippen MR) is 145 cm³/mol. The lowest BCUT2D eigenvalue weighted by molar-refractivity contribution is 0.0924. The number of benzene rings is 1. The van der Waals surface area contributed by atoms with Crippen LogP contribution in [0.4, 0.5) is 11.5 Å². The zero-order valence-electron chi connectivity index (χ0n) is 21.9. The second kappa shape index (κ2) is 11.7. The number of aromatic nitrogens is 1. The summed E-state index contributed by atoms with van der Waals surface area (Å²) < 4.78 is 0. The van der Waals surface area contributed by atoms with Crippen LogP contribution in [0.2, 0.25) is 0 Å². The van der Waals surface area contributed by atoms with E-state index < -0.39 is 5.91 Å². The highest BCUT2D eigenvalue weighted by atomic mass is 16.2. The van der Waals surface area contributed by atoms with Crippen LogP contribution >= 0.6 is 0 Å². The van der Waals surface area contributed by atoms with E-state index in [1.165, 1.54) is 0 Å². The number of carbonyl (C=O) groups is 3. The van der Waals surface area contributed by atoms with E-state index in [2.05, 4.69) is 39.7 Å². The lowest BCUT2D eigenvalue weighted by Gasteiger charge is -2.40. The van der Waals surface area contributed by atoms with E-state index in [1.807, 2.05) is 12.1 Å². The maximum Gasteiger partial charge on any atom is 0.251 e. The summed E-state index contributed by atoms with van der Waals surface area (Å²) in [6.45, 7) is 7.25. The van der Waals surface area contributed by atoms with E-state index >= 15 is 0 Å². The van der Waals surface area contributed by atoms with E-state index in [0.29, 0.717) is 47.0 Å². The van der Waals surface area contributed by atoms with Gasteiger partial charge in [-0.05, 0) is 75.9 Å². The summed E-state index contributed by atoms with van der Waals surface area (Å²) in [5.74, 6) is 0.225. The maximum atomic E-state index is 13.2. The molecule has 198 valence electrons. The molecule has 3 heterocycles. The Morgan fingerprint density at radius 2 is 1.76 bits per heavy atom. The second-order valence-electron chi connectivity index (χ2n) is 10.4. The third-order valence-corrected chi connectivity index (χ3v) is 7.26. The topological polar surface area (TPSA) is 129 Å². The quantitative estimate of drug-likeness (QED) is 0.272. The number of amides is 2. The van der Waals surface area contributed by atoms with Crippen molar-refractivity contribution in [3.05, 3.63) is 53.2 Å². The molecule has 0 spiro atoms. The average molecular weight is 507 g/mol. The Balaban J connectivity index is 1.38. The number of hydrogen-bond acceptors (Lipinski definition) is 7. The number of carbonyl (C=O) groups excluding carboxylic acids is 3. The van der Waals surface area contributed by atoms with Crippen molar-refractivity contribution in [2.45, 2.75) is 77.0 Å². The zero-order chi connectivity index (χ0) is 26.5. The molecule has 0 aliphatic carbocycles. The summed E-state index contributed by atoms with van der Waals surface area (Å²) >= 11 is 0. The molecule has 5 N–H and O–H groups in total. The van der Waals surface area contributed by atoms with Crippen LogP contribution in [0.5, 0.6) is 0 Å². The van der Waals surface area contributed by atoms with Crippen LogP contribution in [0, 0.1) is 0 Å². The van der Waals surface area contributed by atoms with E-state index in [9.17, 15) is 14.4 Å². The number of nitrogens with one attached hydrogen (secondary N) is 3. The summed E-state index contributed by atoms with van der Waals surface area (Å²) in [6.07, 6.45) is 6.31. The summed E-state index contributed by atoms with van der Waals surface area (Å²) in [7, 11) is 0. The molecule has 9 nitrogen and oxygen atoms in total. The van der Waals surface area contributed by atoms with E-state index in [-0.39, 0.29) is 17.7 Å². The number of rotatable bonds is 11. The number of primary amides is 1. The Morgan fingerprint density at radius 1 is 1.05 bits per heavy atom. The lowest BCUT2D eigenvalue weighted by atomic mass is 9.96. The van der Waals surface area contributed by atoms with Crippen molar-refractivity contribution in [1.29, 1.82) is 0 Å². The van der Waals surface area contributed by atoms with Crippen LogP contribution < -0.4 is 26.6 Å². The van der Waals surface area contributed by atoms with Crippen LogP contribution in [-0.4, -0.2) is 59.8 Å². The fourth-order valence-electron chi connectivity index (χ4n) is 5.43. The molecular weight excluding hydrogens is 468 g/mol. The van der Waals surface area contributed by atoms with Crippen LogP contribution in [0.3, 0.4) is 0 Å². The highest BCUT2D eigenvalue weighted by Gasteiger charge is 2.41. The van der Waals surface area contributed by atoms with Gasteiger partial charge in [0.25, 0.3) is 11.8 Å². The minimum atomic E-state index is -0.524. The van der Waals surface area contributed by atoms with Gasteiger partial charge >= 0.3 is 0 Å². The second-order valence-corrected chi connectivity index (χ2v) is 10.4. The molecule has 1 unspecified atom stereocenters. The molecule has 1 aromatic carbocycles. The third-order valence-electron chi connectivity index (χ3n) is 7.26. The van der Waals surface area contributed by atoms with Crippen molar-refractivity contribution in [2.75, 3.05) is 23.3 Å². The van der Waals surface area contributed by atoms with Gasteiger partial charge in [-0.25, -0.2) is 4.98 Å². The zero-order valence-corrected chi connectivity index (χ0v) is 21.9. The molecule has 1 aromatic heterocycles. The van der Waals surface area contributed by atoms with Crippen molar-refractivity contribution < 1.29 is 14.4 Å². The fourth-order valence-corrected chi connectivity index (χ4v) is 5.43. The molecule has 37 heavy (non-hydrogen) atoms. The number of Topliss-reactive ketones (excluding diaryl/α,β-unsaturated/α-hetero) is 1. The lowest BCUT2D eigenvalue weighted by Crippen LogP contribution is -2.50. The molecule has 9 heteroatoms. The Morgan fingerprint density at radius 3 is 2.35 bits per heavy atom. The Hall–Kier alpha value is -3.46. The van der Waals surface area contributed by atoms with Crippen LogP contribution in [-0.2, 0) is 0 Å². The molecule has 2 aliphatic heterocycles. The van der Waals surface area contributed by atoms with E-state index in [0.717, 1.165) is 44.5 Å². The maximum absolute atomic E-state index is 13.2. The average Bonchev–Trinajstić information content (AvgIpc) is 3.13. The number of pyridine rings is 1. The van der Waals surface area contributed by atoms with Crippen molar-refractivity contribution in [3.63, 3.8) is 0 Å². The molecule has 3 atom stereocenters. The van der Waals surface area contributed by atoms with Crippen LogP contribution in [0.1, 0.15) is 83.9 Å². The van der Waals surface area contributed by atoms with Gasteiger partial charge in [0.05, 0.1) is 5.56 Å². The molecule has 2 fully saturated rings. The van der Waals surface area contributed by atoms with Gasteiger partial charge in [-0.2, -0.15) is 0 Å². The van der Waals surface area contributed by atoms with Gasteiger partial charge in [-0.3, -0.25) is 14.4 Å². The molecule has 0 radical (unpaired) electrons. The molecule has 4 rings (SSSR count). The highest BCUT2D eigenvalue weighted by molar-refractivity contribution is 6.02. The minimum Gasteiger partial charge on any atom is -0.384 e. The molecule has 0 saturated carbocycles. The predicted octanol–water partition coefficient (Wildman–Crippen LogP) is 3.11. The Bertz CT molecular complexity index is 1120. The first-order chi connectivity index (χ1) is 17.7. The molecule has 2 aromatic rings. The monoisotopic (exact) mass is 506 g/mol. The van der Waals surface area contributed by atoms with Crippen molar-refractivity contribution in [2.24, 2.45) is 5.73 Å². The highest BCUT2D eigenvalue weighted by Crippen LogP contribution is 2.38. The molecule has 2 saturated heterocycles. The van der Waals surface area contributed by atoms with Gasteiger partial charge in [0.2, 0.25) is 0 Å². The molecular formula is C28H38N6O3. The largest absolute Gasteiger partial charge is 0.384 e. The number of piperidine rings is 1. The van der Waals surface area contributed by atoms with Gasteiger partial charge < -0.3 is 26.6 Å². The number of ketones is 1. The van der Waals surface area contributed by atoms with Gasteiger partial charge in [0.1, 0.15) is 5.82 Å². The van der Waals surface area contributed by atoms with Crippen LogP contribution in [0.25, 0.3) is 0 Å². The normalized spacial score (nSPS) is 20.6. The van der Waals surface area contributed by atoms with Crippen molar-refractivity contribution in [3.8, 4) is 0 Å². The van der Waals surface area contributed by atoms with Gasteiger partial charge in [0.15, 0.2) is 5.78 Å². The smallest absolute Gasteiger partial charge is 0.251 e. The van der Waals surface area contributed by atoms with Gasteiger partial charge in [0, 0.05) is 53.7 Å². The van der Waals surface area contributed by atoms with Gasteiger partial charge in [-0.1, -0.05) is 13.8 Å². The number of nitrogens with zero attached hydrogens (tertiary/aromatic N) is 2. The number of anilines is 2. The van der Waals surface area contributed by atoms with E-state index in [1.54, 1.807) is 31.3 Å². The van der Waals surface area contributed by atoms with Crippen LogP contribution in [0.15, 0.2) is 36.5 Å². The summed E-state index contributed by atoms with van der Waals surface area (Å²) in [5, 5.41) is 9.84. The van der Waals surface area contributed by atoms with E-state index in [4.69, 9.17) is 5.73 Å². The summed E-state index contributed by atoms with van der Waals surface area (Å²) in [5.41, 5.74) is 7.64. The standard InChI is InChI=1S/C28H38N6O3/c1-17(2)30-11-4-12-31-25-13-19(5-9-24(25)27(29)36)28(37)33-21-14-22-7-8-23(15-21)34(22)26-10-6-20(16-32-26)18(3)35/h5-6,9-10,13,16-17,21-23,30-31H,4,7-8,11-12,14-15H2,1-3H3,(H2,29,36)(H,33,37)/t21?,22-,23+. The summed E-state index contributed by atoms with van der Waals surface area (Å²) in [6, 6.07) is 9.83. The first-order valence-corrected chi connectivity index (χ1v) is 13.2. The summed E-state index contributed by atoms with van der Waals surface area (Å²) in [4.78, 5) is 43.6. The molecule has 2 aliphatic rings. The fraction of sp³-hybridized carbons (Fsp3) is 0.500. The minimum absolute atomic E-state index is 0.00814.